The number of likely N-dealkylation sites (N-methyl/N-ethyl adjacent to an activating group) is 1. The van der Waals surface area contributed by atoms with Gasteiger partial charge in [0.25, 0.3) is 0 Å². The Labute approximate surface area is 89.0 Å². The first-order valence-electron chi connectivity index (χ1n) is 5.35. The summed E-state index contributed by atoms with van der Waals surface area (Å²) in [6.45, 7) is 1.94. The third-order valence-corrected chi connectivity index (χ3v) is 3.64. The maximum atomic E-state index is 9.54. The minimum absolute atomic E-state index is 0.000139. The molecule has 80 valence electrons. The quantitative estimate of drug-likeness (QED) is 0.632. The van der Waals surface area contributed by atoms with Gasteiger partial charge in [0.1, 0.15) is 0 Å². The van der Waals surface area contributed by atoms with E-state index in [1.54, 1.807) is 12.1 Å². The molecule has 1 fully saturated rings. The van der Waals surface area contributed by atoms with Gasteiger partial charge in [-0.2, -0.15) is 0 Å². The van der Waals surface area contributed by atoms with Gasteiger partial charge in [-0.3, -0.25) is 0 Å². The summed E-state index contributed by atoms with van der Waals surface area (Å²) in [4.78, 5) is 2.28. The first-order chi connectivity index (χ1) is 7.11. The van der Waals surface area contributed by atoms with Crippen LogP contribution in [0.3, 0.4) is 0 Å². The fourth-order valence-corrected chi connectivity index (χ4v) is 2.77. The molecule has 1 heterocycles. The number of nitrogens with zero attached hydrogens (tertiary/aromatic N) is 1. The Morgan fingerprint density at radius 3 is 2.53 bits per heavy atom. The van der Waals surface area contributed by atoms with Gasteiger partial charge >= 0.3 is 0 Å². The van der Waals surface area contributed by atoms with Crippen LogP contribution in [0, 0.1) is 0 Å². The molecular formula is C12H15NO2. The summed E-state index contributed by atoms with van der Waals surface area (Å²) in [5.41, 5.74) is 2.68. The number of hydrogen-bond acceptors (Lipinski definition) is 3. The van der Waals surface area contributed by atoms with Gasteiger partial charge in [0.2, 0.25) is 0 Å². The molecule has 1 aliphatic carbocycles. The molecule has 1 aliphatic heterocycles. The molecule has 0 aromatic heterocycles. The summed E-state index contributed by atoms with van der Waals surface area (Å²) in [5, 5.41) is 19.0. The molecule has 3 nitrogen and oxygen atoms in total. The molecule has 1 aromatic rings. The summed E-state index contributed by atoms with van der Waals surface area (Å²) in [6.07, 6.45) is 2.41. The highest BCUT2D eigenvalue weighted by molar-refractivity contribution is 5.51. The van der Waals surface area contributed by atoms with Crippen molar-refractivity contribution in [3.05, 3.63) is 23.3 Å². The topological polar surface area (TPSA) is 43.7 Å². The van der Waals surface area contributed by atoms with E-state index in [0.29, 0.717) is 0 Å². The molecule has 1 spiro atoms. The monoisotopic (exact) mass is 205 g/mol. The molecule has 0 bridgehead atoms. The summed E-state index contributed by atoms with van der Waals surface area (Å²) in [5.74, 6) is 0.0180. The van der Waals surface area contributed by atoms with Crippen LogP contribution < -0.4 is 0 Å². The smallest absolute Gasteiger partial charge is 0.157 e. The number of rotatable bonds is 0. The standard InChI is InChI=1S/C12H15NO2/c1-13-6-8-4-10(14)11(15)5-9(8)12(7-13)2-3-12/h4-5,14-15H,2-3,6-7H2,1H3. The molecule has 2 aliphatic rings. The Kier molecular flexibility index (Phi) is 1.61. The van der Waals surface area contributed by atoms with Gasteiger partial charge in [-0.15, -0.1) is 0 Å². The summed E-state index contributed by atoms with van der Waals surface area (Å²) < 4.78 is 0. The summed E-state index contributed by atoms with van der Waals surface area (Å²) in [6, 6.07) is 3.46. The molecule has 2 N–H and O–H groups in total. The van der Waals surface area contributed by atoms with Crippen molar-refractivity contribution in [2.45, 2.75) is 24.8 Å². The number of phenolic OH excluding ortho intramolecular Hbond substituents is 2. The van der Waals surface area contributed by atoms with Gasteiger partial charge < -0.3 is 15.1 Å². The van der Waals surface area contributed by atoms with Gasteiger partial charge in [0.15, 0.2) is 11.5 Å². The minimum Gasteiger partial charge on any atom is -0.504 e. The van der Waals surface area contributed by atoms with Crippen LogP contribution in [0.5, 0.6) is 11.5 Å². The van der Waals surface area contributed by atoms with Crippen LogP contribution >= 0.6 is 0 Å². The zero-order chi connectivity index (χ0) is 10.6. The lowest BCUT2D eigenvalue weighted by atomic mass is 9.87. The lowest BCUT2D eigenvalue weighted by Crippen LogP contribution is -2.34. The molecule has 0 unspecified atom stereocenters. The van der Waals surface area contributed by atoms with Crippen molar-refractivity contribution in [1.82, 2.24) is 4.90 Å². The molecule has 1 aromatic carbocycles. The van der Waals surface area contributed by atoms with E-state index in [2.05, 4.69) is 11.9 Å². The van der Waals surface area contributed by atoms with Crippen LogP contribution in [0.25, 0.3) is 0 Å². The van der Waals surface area contributed by atoms with E-state index in [1.807, 2.05) is 0 Å². The number of hydrogen-bond donors (Lipinski definition) is 2. The van der Waals surface area contributed by atoms with Crippen LogP contribution in [0.1, 0.15) is 24.0 Å². The van der Waals surface area contributed by atoms with Crippen molar-refractivity contribution < 1.29 is 10.2 Å². The number of benzene rings is 1. The fraction of sp³-hybridized carbons (Fsp3) is 0.500. The van der Waals surface area contributed by atoms with E-state index in [-0.39, 0.29) is 16.9 Å². The molecule has 0 amide bonds. The van der Waals surface area contributed by atoms with Crippen LogP contribution in [-0.2, 0) is 12.0 Å². The highest BCUT2D eigenvalue weighted by Crippen LogP contribution is 2.53. The largest absolute Gasteiger partial charge is 0.504 e. The highest BCUT2D eigenvalue weighted by Gasteiger charge is 2.48. The van der Waals surface area contributed by atoms with Crippen LogP contribution in [-0.4, -0.2) is 28.7 Å². The van der Waals surface area contributed by atoms with Gasteiger partial charge in [-0.25, -0.2) is 0 Å². The molecule has 3 heteroatoms. The van der Waals surface area contributed by atoms with Gasteiger partial charge in [-0.05, 0) is 43.1 Å². The second-order valence-electron chi connectivity index (χ2n) is 4.95. The predicted molar refractivity (Wildman–Crippen MR) is 57.0 cm³/mol. The number of phenols is 2. The SMILES string of the molecule is CN1Cc2cc(O)c(O)cc2C2(CC2)C1. The zero-order valence-corrected chi connectivity index (χ0v) is 8.82. The molecule has 0 saturated heterocycles. The summed E-state index contributed by atoms with van der Waals surface area (Å²) >= 11 is 0. The molecule has 1 saturated carbocycles. The molecule has 15 heavy (non-hydrogen) atoms. The third kappa shape index (κ3) is 1.23. The molecular weight excluding hydrogens is 190 g/mol. The van der Waals surface area contributed by atoms with E-state index < -0.39 is 0 Å². The average molecular weight is 205 g/mol. The Morgan fingerprint density at radius 1 is 1.20 bits per heavy atom. The van der Waals surface area contributed by atoms with Crippen molar-refractivity contribution in [2.75, 3.05) is 13.6 Å². The Bertz CT molecular complexity index is 424. The average Bonchev–Trinajstić information content (AvgIpc) is 2.90. The lowest BCUT2D eigenvalue weighted by molar-refractivity contribution is 0.269. The molecule has 0 radical (unpaired) electrons. The second-order valence-corrected chi connectivity index (χ2v) is 4.95. The van der Waals surface area contributed by atoms with E-state index in [9.17, 15) is 10.2 Å². The van der Waals surface area contributed by atoms with Crippen molar-refractivity contribution in [3.8, 4) is 11.5 Å². The van der Waals surface area contributed by atoms with Crippen molar-refractivity contribution in [3.63, 3.8) is 0 Å². The maximum absolute atomic E-state index is 9.54. The van der Waals surface area contributed by atoms with Gasteiger partial charge in [-0.1, -0.05) is 0 Å². The lowest BCUT2D eigenvalue weighted by Gasteiger charge is -2.32. The fourth-order valence-electron chi connectivity index (χ4n) is 2.77. The third-order valence-electron chi connectivity index (χ3n) is 3.64. The Balaban J connectivity index is 2.16. The summed E-state index contributed by atoms with van der Waals surface area (Å²) in [7, 11) is 2.10. The second kappa shape index (κ2) is 2.67. The van der Waals surface area contributed by atoms with Crippen molar-refractivity contribution >= 4 is 0 Å². The maximum Gasteiger partial charge on any atom is 0.157 e. The normalized spacial score (nSPS) is 22.7. The Hall–Kier alpha value is -1.22. The van der Waals surface area contributed by atoms with Crippen LogP contribution in [0.2, 0.25) is 0 Å². The number of fused-ring (bicyclic) bond motifs is 2. The Morgan fingerprint density at radius 2 is 1.87 bits per heavy atom. The van der Waals surface area contributed by atoms with Gasteiger partial charge in [0.05, 0.1) is 0 Å². The van der Waals surface area contributed by atoms with E-state index in [0.717, 1.165) is 18.7 Å². The van der Waals surface area contributed by atoms with Crippen LogP contribution in [0.4, 0.5) is 0 Å². The van der Waals surface area contributed by atoms with Crippen LogP contribution in [0.15, 0.2) is 12.1 Å². The van der Waals surface area contributed by atoms with E-state index in [4.69, 9.17) is 0 Å². The molecule has 0 atom stereocenters. The van der Waals surface area contributed by atoms with Crippen molar-refractivity contribution in [2.24, 2.45) is 0 Å². The van der Waals surface area contributed by atoms with Crippen molar-refractivity contribution in [1.29, 1.82) is 0 Å². The minimum atomic E-state index is -0.000139. The number of aromatic hydroxyl groups is 2. The predicted octanol–water partition coefficient (Wildman–Crippen LogP) is 1.57. The first kappa shape index (κ1) is 9.04. The van der Waals surface area contributed by atoms with Gasteiger partial charge in [0, 0.05) is 18.5 Å². The zero-order valence-electron chi connectivity index (χ0n) is 8.82. The van der Waals surface area contributed by atoms with E-state index in [1.165, 1.54) is 18.4 Å². The molecule has 3 rings (SSSR count). The van der Waals surface area contributed by atoms with E-state index >= 15 is 0 Å². The highest BCUT2D eigenvalue weighted by atomic mass is 16.3. The first-order valence-corrected chi connectivity index (χ1v) is 5.35.